The summed E-state index contributed by atoms with van der Waals surface area (Å²) in [6.07, 6.45) is 4.65. The minimum absolute atomic E-state index is 0.00124. The van der Waals surface area contributed by atoms with Crippen LogP contribution in [0.15, 0.2) is 53.9 Å². The molecule has 2 aromatic heterocycles. The van der Waals surface area contributed by atoms with E-state index < -0.39 is 10.0 Å². The van der Waals surface area contributed by atoms with Crippen LogP contribution in [0.3, 0.4) is 0 Å². The first-order chi connectivity index (χ1) is 13.8. The number of piperidine rings is 1. The molecule has 29 heavy (non-hydrogen) atoms. The number of aromatic nitrogens is 3. The van der Waals surface area contributed by atoms with Gasteiger partial charge in [0.25, 0.3) is 10.0 Å². The van der Waals surface area contributed by atoms with E-state index in [4.69, 9.17) is 0 Å². The van der Waals surface area contributed by atoms with Crippen LogP contribution in [-0.4, -0.2) is 40.3 Å². The predicted octanol–water partition coefficient (Wildman–Crippen LogP) is 3.50. The van der Waals surface area contributed by atoms with Gasteiger partial charge in [-0.1, -0.05) is 12.1 Å². The molecule has 1 fully saturated rings. The molecule has 0 saturated carbocycles. The monoisotopic (exact) mass is 414 g/mol. The Morgan fingerprint density at radius 2 is 1.90 bits per heavy atom. The van der Waals surface area contributed by atoms with Gasteiger partial charge in [0.05, 0.1) is 6.33 Å². The minimum atomic E-state index is -3.63. The first-order valence-electron chi connectivity index (χ1n) is 9.55. The molecule has 0 amide bonds. The molecular formula is C21H23FN4O2S. The highest BCUT2D eigenvalue weighted by atomic mass is 32.2. The van der Waals surface area contributed by atoms with Crippen molar-refractivity contribution in [1.82, 2.24) is 18.8 Å². The highest BCUT2D eigenvalue weighted by molar-refractivity contribution is 7.89. The van der Waals surface area contributed by atoms with Gasteiger partial charge < -0.3 is 4.57 Å². The summed E-state index contributed by atoms with van der Waals surface area (Å²) in [7, 11) is -1.88. The van der Waals surface area contributed by atoms with Crippen molar-refractivity contribution in [3.05, 3.63) is 66.1 Å². The topological polar surface area (TPSA) is 68.1 Å². The molecule has 1 atom stereocenters. The van der Waals surface area contributed by atoms with Crippen LogP contribution in [0.5, 0.6) is 0 Å². The van der Waals surface area contributed by atoms with Crippen LogP contribution in [-0.2, 0) is 17.1 Å². The Kier molecular flexibility index (Phi) is 5.23. The van der Waals surface area contributed by atoms with Crippen LogP contribution in [0, 0.1) is 12.7 Å². The van der Waals surface area contributed by atoms with Gasteiger partial charge in [0, 0.05) is 43.6 Å². The molecule has 0 radical (unpaired) electrons. The van der Waals surface area contributed by atoms with Gasteiger partial charge in [-0.05, 0) is 55.2 Å². The van der Waals surface area contributed by atoms with Gasteiger partial charge in [-0.3, -0.25) is 4.98 Å². The van der Waals surface area contributed by atoms with E-state index in [1.165, 1.54) is 29.0 Å². The lowest BCUT2D eigenvalue weighted by atomic mass is 9.93. The quantitative estimate of drug-likeness (QED) is 0.655. The molecule has 3 heterocycles. The third kappa shape index (κ3) is 4.09. The standard InChI is InChI=1S/C21H23FN4O2S/c1-15-10-18(16-5-7-19(22)8-6-16)11-20(24-15)17-4-3-9-26(12-17)29(27,28)21-13-25(2)14-23-21/h5-8,10-11,13-14,17H,3-4,9,12H2,1-2H3/t17-/m1/s1. The lowest BCUT2D eigenvalue weighted by molar-refractivity contribution is 0.312. The summed E-state index contributed by atoms with van der Waals surface area (Å²) in [5.74, 6) is -0.274. The van der Waals surface area contributed by atoms with Crippen LogP contribution in [0.4, 0.5) is 4.39 Å². The fourth-order valence-electron chi connectivity index (χ4n) is 3.77. The molecule has 8 heteroatoms. The molecule has 0 N–H and O–H groups in total. The second-order valence-electron chi connectivity index (χ2n) is 7.51. The Hall–Kier alpha value is -2.58. The Labute approximate surface area is 170 Å². The van der Waals surface area contributed by atoms with E-state index in [0.717, 1.165) is 35.4 Å². The molecular weight excluding hydrogens is 391 g/mol. The van der Waals surface area contributed by atoms with Crippen molar-refractivity contribution < 1.29 is 12.8 Å². The normalized spacial score (nSPS) is 18.1. The van der Waals surface area contributed by atoms with Crippen molar-refractivity contribution in [2.75, 3.05) is 13.1 Å². The second kappa shape index (κ2) is 7.68. The summed E-state index contributed by atoms with van der Waals surface area (Å²) >= 11 is 0. The average molecular weight is 415 g/mol. The van der Waals surface area contributed by atoms with Crippen molar-refractivity contribution in [3.63, 3.8) is 0 Å². The van der Waals surface area contributed by atoms with E-state index in [0.29, 0.717) is 13.1 Å². The third-order valence-electron chi connectivity index (χ3n) is 5.24. The number of aryl methyl sites for hydroxylation is 2. The molecule has 1 saturated heterocycles. The Balaban J connectivity index is 1.62. The fourth-order valence-corrected chi connectivity index (χ4v) is 5.26. The van der Waals surface area contributed by atoms with E-state index in [9.17, 15) is 12.8 Å². The molecule has 0 unspecified atom stereocenters. The van der Waals surface area contributed by atoms with Gasteiger partial charge in [0.15, 0.2) is 5.03 Å². The maximum absolute atomic E-state index is 13.3. The number of sulfonamides is 1. The van der Waals surface area contributed by atoms with E-state index in [1.807, 2.05) is 19.1 Å². The number of pyridine rings is 1. The summed E-state index contributed by atoms with van der Waals surface area (Å²) < 4.78 is 42.3. The molecule has 1 aromatic carbocycles. The van der Waals surface area contributed by atoms with Crippen molar-refractivity contribution >= 4 is 10.0 Å². The zero-order valence-electron chi connectivity index (χ0n) is 16.4. The number of nitrogens with zero attached hydrogens (tertiary/aromatic N) is 4. The fraction of sp³-hybridized carbons (Fsp3) is 0.333. The largest absolute Gasteiger partial charge is 0.339 e. The molecule has 0 bridgehead atoms. The van der Waals surface area contributed by atoms with Gasteiger partial charge in [-0.2, -0.15) is 4.31 Å². The maximum Gasteiger partial charge on any atom is 0.262 e. The molecule has 4 rings (SSSR count). The third-order valence-corrected chi connectivity index (χ3v) is 6.99. The van der Waals surface area contributed by atoms with E-state index in [2.05, 4.69) is 9.97 Å². The predicted molar refractivity (Wildman–Crippen MR) is 108 cm³/mol. The lowest BCUT2D eigenvalue weighted by Crippen LogP contribution is -2.39. The van der Waals surface area contributed by atoms with Crippen LogP contribution in [0.25, 0.3) is 11.1 Å². The number of hydrogen-bond acceptors (Lipinski definition) is 4. The summed E-state index contributed by atoms with van der Waals surface area (Å²) in [5.41, 5.74) is 3.58. The van der Waals surface area contributed by atoms with Gasteiger partial charge >= 0.3 is 0 Å². The van der Waals surface area contributed by atoms with Gasteiger partial charge in [0.1, 0.15) is 5.82 Å². The van der Waals surface area contributed by atoms with E-state index in [-0.39, 0.29) is 16.8 Å². The minimum Gasteiger partial charge on any atom is -0.339 e. The first-order valence-corrected chi connectivity index (χ1v) is 11.0. The Morgan fingerprint density at radius 1 is 1.14 bits per heavy atom. The molecule has 3 aromatic rings. The number of rotatable bonds is 4. The summed E-state index contributed by atoms with van der Waals surface area (Å²) in [5, 5.41) is 0.0739. The Bertz CT molecular complexity index is 1130. The van der Waals surface area contributed by atoms with Crippen LogP contribution in [0.1, 0.15) is 30.1 Å². The Morgan fingerprint density at radius 3 is 2.59 bits per heavy atom. The van der Waals surface area contributed by atoms with Crippen molar-refractivity contribution in [1.29, 1.82) is 0 Å². The van der Waals surface area contributed by atoms with Crippen molar-refractivity contribution in [3.8, 4) is 11.1 Å². The number of imidazole rings is 1. The molecule has 0 spiro atoms. The van der Waals surface area contributed by atoms with Crippen LogP contribution >= 0.6 is 0 Å². The van der Waals surface area contributed by atoms with Gasteiger partial charge in [-0.15, -0.1) is 0 Å². The summed E-state index contributed by atoms with van der Waals surface area (Å²) in [6, 6.07) is 10.3. The maximum atomic E-state index is 13.3. The summed E-state index contributed by atoms with van der Waals surface area (Å²) in [6.45, 7) is 2.77. The first kappa shape index (κ1) is 19.7. The molecule has 152 valence electrons. The molecule has 0 aliphatic carbocycles. The zero-order valence-corrected chi connectivity index (χ0v) is 17.2. The molecule has 6 nitrogen and oxygen atoms in total. The lowest BCUT2D eigenvalue weighted by Gasteiger charge is -2.31. The SMILES string of the molecule is Cc1cc(-c2ccc(F)cc2)cc([C@@H]2CCCN(S(=O)(=O)c3cn(C)cn3)C2)n1. The van der Waals surface area contributed by atoms with Crippen molar-refractivity contribution in [2.24, 2.45) is 7.05 Å². The second-order valence-corrected chi connectivity index (χ2v) is 9.39. The van der Waals surface area contributed by atoms with Crippen molar-refractivity contribution in [2.45, 2.75) is 30.7 Å². The highest BCUT2D eigenvalue weighted by Crippen LogP contribution is 2.31. The summed E-state index contributed by atoms with van der Waals surface area (Å²) in [4.78, 5) is 8.70. The number of hydrogen-bond donors (Lipinski definition) is 0. The smallest absolute Gasteiger partial charge is 0.262 e. The van der Waals surface area contributed by atoms with Crippen LogP contribution in [0.2, 0.25) is 0 Å². The van der Waals surface area contributed by atoms with Gasteiger partial charge in [0.2, 0.25) is 0 Å². The average Bonchev–Trinajstić information content (AvgIpc) is 3.15. The van der Waals surface area contributed by atoms with E-state index in [1.54, 1.807) is 23.7 Å². The van der Waals surface area contributed by atoms with Crippen LogP contribution < -0.4 is 0 Å². The molecule has 1 aliphatic heterocycles. The van der Waals surface area contributed by atoms with Gasteiger partial charge in [-0.25, -0.2) is 17.8 Å². The van der Waals surface area contributed by atoms with E-state index >= 15 is 0 Å². The zero-order chi connectivity index (χ0) is 20.6. The highest BCUT2D eigenvalue weighted by Gasteiger charge is 2.33. The number of benzene rings is 1. The molecule has 1 aliphatic rings. The number of halogens is 1.